The lowest BCUT2D eigenvalue weighted by Crippen LogP contribution is -2.65. The molecule has 0 aromatic carbocycles. The second-order valence-corrected chi connectivity index (χ2v) is 19.8. The fourth-order valence-electron chi connectivity index (χ4n) is 5.32. The molecule has 1 aromatic rings. The van der Waals surface area contributed by atoms with E-state index in [1.165, 1.54) is 4.57 Å². The van der Waals surface area contributed by atoms with Gasteiger partial charge in [-0.05, 0) is 29.1 Å². The molecule has 1 N–H and O–H groups in total. The van der Waals surface area contributed by atoms with Crippen LogP contribution in [0.25, 0.3) is 0 Å². The number of ether oxygens (including phenoxy) is 1. The Bertz CT molecular complexity index is 926. The van der Waals surface area contributed by atoms with Crippen LogP contribution in [0.5, 0.6) is 0 Å². The summed E-state index contributed by atoms with van der Waals surface area (Å²) in [6.45, 7) is 20.7. The van der Waals surface area contributed by atoms with Crippen LogP contribution in [-0.2, 0) is 24.2 Å². The van der Waals surface area contributed by atoms with E-state index in [0.717, 1.165) is 0 Å². The Balaban J connectivity index is 2.01. The molecule has 3 rings (SSSR count). The third-order valence-corrected chi connectivity index (χ3v) is 17.6. The van der Waals surface area contributed by atoms with Gasteiger partial charge in [0, 0.05) is 24.3 Å². The molecule has 8 nitrogen and oxygen atoms in total. The van der Waals surface area contributed by atoms with Crippen LogP contribution in [0.3, 0.4) is 0 Å². The lowest BCUT2D eigenvalue weighted by atomic mass is 10.0. The molecule has 10 heteroatoms. The summed E-state index contributed by atoms with van der Waals surface area (Å²) in [5.41, 5.74) is 0.739. The zero-order valence-corrected chi connectivity index (χ0v) is 23.6. The van der Waals surface area contributed by atoms with Crippen LogP contribution in [0.1, 0.15) is 61.0 Å². The van der Waals surface area contributed by atoms with Gasteiger partial charge in [0.2, 0.25) is 0 Å². The Morgan fingerprint density at radius 1 is 0.970 bits per heavy atom. The van der Waals surface area contributed by atoms with E-state index < -0.39 is 22.8 Å². The minimum Gasteiger partial charge on any atom is -0.414 e. The average molecular weight is 499 g/mol. The lowest BCUT2D eigenvalue weighted by molar-refractivity contribution is 0.00435. The summed E-state index contributed by atoms with van der Waals surface area (Å²) in [6, 6.07) is 0. The number of nitrogens with one attached hydrogen (secondary N) is 1. The third kappa shape index (κ3) is 4.88. The summed E-state index contributed by atoms with van der Waals surface area (Å²) in [4.78, 5) is 26.6. The molecule has 0 saturated carbocycles. The van der Waals surface area contributed by atoms with E-state index in [9.17, 15) is 9.59 Å². The van der Waals surface area contributed by atoms with Crippen molar-refractivity contribution in [2.24, 2.45) is 5.92 Å². The number of H-pyrrole nitrogens is 1. The second-order valence-electron chi connectivity index (χ2n) is 10.9. The van der Waals surface area contributed by atoms with Crippen molar-refractivity contribution in [1.29, 1.82) is 0 Å². The first-order chi connectivity index (χ1) is 15.3. The number of hydrogen-bond acceptors (Lipinski definition) is 6. The van der Waals surface area contributed by atoms with Gasteiger partial charge < -0.3 is 17.7 Å². The summed E-state index contributed by atoms with van der Waals surface area (Å²) >= 11 is 0. The number of aromatic nitrogens is 2. The molecular formula is C23H42N2O6Si2. The van der Waals surface area contributed by atoms with Crippen molar-refractivity contribution in [2.45, 2.75) is 103 Å². The zero-order valence-electron chi connectivity index (χ0n) is 21.6. The quantitative estimate of drug-likeness (QED) is 0.600. The first kappa shape index (κ1) is 26.6. The van der Waals surface area contributed by atoms with E-state index in [1.807, 2.05) is 0 Å². The standard InChI is InChI=1S/C23H42N2O6Si2/c1-14(2)32(15(3)4)29-13-19-12-28-20(11-25-10-18(9)22(26)24-23(25)27)21(19)30-33(31-32,16(5)6)17(7)8/h10,14-17,19-21H,11-13H2,1-9H3,(H,24,26,27)/t19-,20-,21+/m0/s1. The molecule has 188 valence electrons. The van der Waals surface area contributed by atoms with Crippen LogP contribution in [-0.4, -0.2) is 52.1 Å². The van der Waals surface area contributed by atoms with Crippen LogP contribution in [0.2, 0.25) is 22.2 Å². The maximum Gasteiger partial charge on any atom is 0.335 e. The van der Waals surface area contributed by atoms with Crippen molar-refractivity contribution in [2.75, 3.05) is 13.2 Å². The summed E-state index contributed by atoms with van der Waals surface area (Å²) in [6.07, 6.45) is 1.05. The number of rotatable bonds is 6. The molecule has 3 atom stereocenters. The van der Waals surface area contributed by atoms with E-state index in [0.29, 0.717) is 36.4 Å². The van der Waals surface area contributed by atoms with Gasteiger partial charge in [0.25, 0.3) is 5.56 Å². The van der Waals surface area contributed by atoms with Gasteiger partial charge in [0.15, 0.2) is 0 Å². The molecular weight excluding hydrogens is 456 g/mol. The first-order valence-corrected chi connectivity index (χ1v) is 16.2. The monoisotopic (exact) mass is 498 g/mol. The van der Waals surface area contributed by atoms with Gasteiger partial charge >= 0.3 is 22.8 Å². The SMILES string of the molecule is Cc1cn(C[C@@H]2OC[C@H]3CO[Si](C(C)C)(C(C)C)O[Si](C(C)C)(C(C)C)O[C@H]32)c(=O)[nH]c1=O. The van der Waals surface area contributed by atoms with Gasteiger partial charge in [-0.25, -0.2) is 4.79 Å². The fourth-order valence-corrected chi connectivity index (χ4v) is 16.6. The van der Waals surface area contributed by atoms with Crippen molar-refractivity contribution >= 4 is 17.1 Å². The zero-order chi connectivity index (χ0) is 24.7. The van der Waals surface area contributed by atoms with Gasteiger partial charge in [0.05, 0.1) is 19.3 Å². The Morgan fingerprint density at radius 3 is 2.09 bits per heavy atom. The van der Waals surface area contributed by atoms with Crippen LogP contribution < -0.4 is 11.2 Å². The van der Waals surface area contributed by atoms with E-state index in [4.69, 9.17) is 17.7 Å². The van der Waals surface area contributed by atoms with Crippen molar-refractivity contribution in [3.63, 3.8) is 0 Å². The molecule has 3 heterocycles. The maximum atomic E-state index is 12.4. The van der Waals surface area contributed by atoms with Gasteiger partial charge in [-0.2, -0.15) is 0 Å². The van der Waals surface area contributed by atoms with Crippen molar-refractivity contribution < 1.29 is 17.7 Å². The van der Waals surface area contributed by atoms with Crippen LogP contribution in [0.4, 0.5) is 0 Å². The highest BCUT2D eigenvalue weighted by Gasteiger charge is 2.60. The summed E-state index contributed by atoms with van der Waals surface area (Å²) in [5, 5.41) is 0. The smallest absolute Gasteiger partial charge is 0.335 e. The van der Waals surface area contributed by atoms with E-state index in [-0.39, 0.29) is 34.8 Å². The van der Waals surface area contributed by atoms with E-state index in [2.05, 4.69) is 60.4 Å². The molecule has 2 fully saturated rings. The molecule has 2 saturated heterocycles. The predicted molar refractivity (Wildman–Crippen MR) is 133 cm³/mol. The van der Waals surface area contributed by atoms with E-state index >= 15 is 0 Å². The molecule has 0 aliphatic carbocycles. The number of fused-ring (bicyclic) bond motifs is 1. The van der Waals surface area contributed by atoms with Gasteiger partial charge in [-0.15, -0.1) is 0 Å². The normalized spacial score (nSPS) is 27.2. The minimum absolute atomic E-state index is 0.0761. The molecule has 2 aliphatic heterocycles. The summed E-state index contributed by atoms with van der Waals surface area (Å²) in [7, 11) is -5.32. The Morgan fingerprint density at radius 2 is 1.55 bits per heavy atom. The number of aromatic amines is 1. The van der Waals surface area contributed by atoms with Crippen LogP contribution in [0.15, 0.2) is 15.8 Å². The number of nitrogens with zero attached hydrogens (tertiary/aromatic N) is 1. The molecule has 0 bridgehead atoms. The first-order valence-electron chi connectivity index (χ1n) is 12.3. The molecule has 0 radical (unpaired) electrons. The number of aryl methyl sites for hydroxylation is 1. The Labute approximate surface area is 199 Å². The molecule has 1 aromatic heterocycles. The van der Waals surface area contributed by atoms with Crippen molar-refractivity contribution in [3.8, 4) is 0 Å². The van der Waals surface area contributed by atoms with Gasteiger partial charge in [0.1, 0.15) is 6.10 Å². The van der Waals surface area contributed by atoms with Gasteiger partial charge in [-0.3, -0.25) is 14.3 Å². The molecule has 0 spiro atoms. The lowest BCUT2D eigenvalue weighted by Gasteiger charge is -2.51. The van der Waals surface area contributed by atoms with Crippen LogP contribution >= 0.6 is 0 Å². The fraction of sp³-hybridized carbons (Fsp3) is 0.826. The van der Waals surface area contributed by atoms with Crippen molar-refractivity contribution in [3.05, 3.63) is 32.6 Å². The van der Waals surface area contributed by atoms with Crippen molar-refractivity contribution in [1.82, 2.24) is 9.55 Å². The minimum atomic E-state index is -2.75. The van der Waals surface area contributed by atoms with Gasteiger partial charge in [-0.1, -0.05) is 55.4 Å². The maximum absolute atomic E-state index is 12.4. The summed E-state index contributed by atoms with van der Waals surface area (Å²) in [5.74, 6) is 0.0761. The highest BCUT2D eigenvalue weighted by atomic mass is 28.5. The molecule has 0 amide bonds. The Kier molecular flexibility index (Phi) is 7.97. The molecule has 33 heavy (non-hydrogen) atoms. The van der Waals surface area contributed by atoms with E-state index in [1.54, 1.807) is 13.1 Å². The Hall–Kier alpha value is -1.05. The molecule has 0 unspecified atom stereocenters. The van der Waals surface area contributed by atoms with Crippen LogP contribution in [0, 0.1) is 12.8 Å². The predicted octanol–water partition coefficient (Wildman–Crippen LogP) is 3.82. The third-order valence-electron chi connectivity index (χ3n) is 7.30. The largest absolute Gasteiger partial charge is 0.414 e. The topological polar surface area (TPSA) is 91.8 Å². The highest BCUT2D eigenvalue weighted by molar-refractivity contribution is 6.83. The summed E-state index contributed by atoms with van der Waals surface area (Å²) < 4.78 is 28.9. The highest BCUT2D eigenvalue weighted by Crippen LogP contribution is 2.47. The average Bonchev–Trinajstić information content (AvgIpc) is 3.05. The number of hydrogen-bond donors (Lipinski definition) is 1. The second kappa shape index (κ2) is 9.90. The molecule has 2 aliphatic rings.